The van der Waals surface area contributed by atoms with E-state index in [-0.39, 0.29) is 12.3 Å². The Labute approximate surface area is 103 Å². The Balaban J connectivity index is 2.56. The first-order valence-electron chi connectivity index (χ1n) is 4.48. The fraction of sp³-hybridized carbons (Fsp3) is 0.200. The van der Waals surface area contributed by atoms with Gasteiger partial charge in [-0.15, -0.1) is 0 Å². The smallest absolute Gasteiger partial charge is 0.319 e. The van der Waals surface area contributed by atoms with Crippen LogP contribution in [0.1, 0.15) is 6.92 Å². The summed E-state index contributed by atoms with van der Waals surface area (Å²) in [7, 11) is 0. The van der Waals surface area contributed by atoms with Crippen LogP contribution in [0.15, 0.2) is 18.2 Å². The second-order valence-electron chi connectivity index (χ2n) is 3.14. The Morgan fingerprint density at radius 1 is 1.25 bits per heavy atom. The van der Waals surface area contributed by atoms with Crippen LogP contribution in [0.5, 0.6) is 0 Å². The summed E-state index contributed by atoms with van der Waals surface area (Å²) < 4.78 is 0. The molecule has 6 heteroatoms. The van der Waals surface area contributed by atoms with Gasteiger partial charge in [0.2, 0.25) is 0 Å². The van der Waals surface area contributed by atoms with Gasteiger partial charge in [0.25, 0.3) is 0 Å². The van der Waals surface area contributed by atoms with E-state index in [1.165, 1.54) is 13.0 Å². The van der Waals surface area contributed by atoms with E-state index in [4.69, 9.17) is 23.2 Å². The number of amides is 2. The van der Waals surface area contributed by atoms with E-state index in [1.54, 1.807) is 12.1 Å². The number of rotatable bonds is 3. The molecular formula is C10H10Cl2N2O2. The van der Waals surface area contributed by atoms with Gasteiger partial charge in [-0.1, -0.05) is 23.2 Å². The lowest BCUT2D eigenvalue weighted by Crippen LogP contribution is -2.32. The molecule has 1 aromatic rings. The van der Waals surface area contributed by atoms with E-state index < -0.39 is 6.03 Å². The Hall–Kier alpha value is -1.26. The van der Waals surface area contributed by atoms with E-state index in [9.17, 15) is 9.59 Å². The third kappa shape index (κ3) is 4.08. The summed E-state index contributed by atoms with van der Waals surface area (Å²) in [5.74, 6) is -0.121. The molecule has 0 heterocycles. The minimum absolute atomic E-state index is 0.00679. The second kappa shape index (κ2) is 5.72. The molecule has 0 aliphatic carbocycles. The Bertz CT molecular complexity index is 421. The third-order valence-corrected chi connectivity index (χ3v) is 2.41. The number of carbonyl (C=O) groups excluding carboxylic acids is 2. The fourth-order valence-electron chi connectivity index (χ4n) is 0.954. The van der Waals surface area contributed by atoms with Crippen LogP contribution in [0.25, 0.3) is 0 Å². The monoisotopic (exact) mass is 260 g/mol. The van der Waals surface area contributed by atoms with Crippen LogP contribution in [0.2, 0.25) is 10.0 Å². The first-order valence-corrected chi connectivity index (χ1v) is 5.24. The maximum Gasteiger partial charge on any atom is 0.319 e. The Morgan fingerprint density at radius 3 is 2.50 bits per heavy atom. The molecule has 0 unspecified atom stereocenters. The summed E-state index contributed by atoms with van der Waals surface area (Å²) in [5.41, 5.74) is 0.510. The van der Waals surface area contributed by atoms with Crippen LogP contribution in [-0.4, -0.2) is 18.4 Å². The van der Waals surface area contributed by atoms with E-state index in [2.05, 4.69) is 10.6 Å². The summed E-state index contributed by atoms with van der Waals surface area (Å²) in [6.45, 7) is 1.38. The standard InChI is InChI=1S/C10H10Cl2N2O2/c1-6(15)5-13-10(16)14-7-2-3-8(11)9(12)4-7/h2-4H,5H2,1H3,(H2,13,14,16). The summed E-state index contributed by atoms with van der Waals surface area (Å²) >= 11 is 11.5. The van der Waals surface area contributed by atoms with E-state index in [0.717, 1.165) is 0 Å². The number of urea groups is 1. The maximum atomic E-state index is 11.3. The van der Waals surface area contributed by atoms with Crippen LogP contribution in [0.3, 0.4) is 0 Å². The van der Waals surface area contributed by atoms with Crippen molar-refractivity contribution < 1.29 is 9.59 Å². The average Bonchev–Trinajstić information content (AvgIpc) is 2.21. The van der Waals surface area contributed by atoms with Gasteiger partial charge < -0.3 is 10.6 Å². The van der Waals surface area contributed by atoms with Gasteiger partial charge in [-0.3, -0.25) is 4.79 Å². The second-order valence-corrected chi connectivity index (χ2v) is 3.95. The summed E-state index contributed by atoms with van der Waals surface area (Å²) in [6.07, 6.45) is 0. The van der Waals surface area contributed by atoms with Crippen molar-refractivity contribution in [1.29, 1.82) is 0 Å². The quantitative estimate of drug-likeness (QED) is 0.878. The van der Waals surface area contributed by atoms with Crippen LogP contribution in [0.4, 0.5) is 10.5 Å². The molecule has 2 N–H and O–H groups in total. The van der Waals surface area contributed by atoms with Crippen LogP contribution < -0.4 is 10.6 Å². The highest BCUT2D eigenvalue weighted by atomic mass is 35.5. The number of Topliss-reactive ketones (excluding diaryl/α,β-unsaturated/α-hetero) is 1. The number of halogens is 2. The molecule has 0 aromatic heterocycles. The van der Waals surface area contributed by atoms with Crippen molar-refractivity contribution in [3.8, 4) is 0 Å². The number of hydrogen-bond acceptors (Lipinski definition) is 2. The molecule has 0 saturated carbocycles. The number of anilines is 1. The fourth-order valence-corrected chi connectivity index (χ4v) is 1.25. The molecule has 4 nitrogen and oxygen atoms in total. The van der Waals surface area contributed by atoms with Gasteiger partial charge >= 0.3 is 6.03 Å². The largest absolute Gasteiger partial charge is 0.331 e. The highest BCUT2D eigenvalue weighted by Gasteiger charge is 2.04. The van der Waals surface area contributed by atoms with E-state index in [1.807, 2.05) is 0 Å². The molecule has 0 saturated heterocycles. The van der Waals surface area contributed by atoms with Crippen molar-refractivity contribution in [3.63, 3.8) is 0 Å². The number of hydrogen-bond donors (Lipinski definition) is 2. The van der Waals surface area contributed by atoms with Gasteiger partial charge in [0.15, 0.2) is 0 Å². The van der Waals surface area contributed by atoms with E-state index in [0.29, 0.717) is 15.7 Å². The predicted molar refractivity (Wildman–Crippen MR) is 64.2 cm³/mol. The zero-order chi connectivity index (χ0) is 12.1. The average molecular weight is 261 g/mol. The van der Waals surface area contributed by atoms with Crippen molar-refractivity contribution >= 4 is 40.7 Å². The van der Waals surface area contributed by atoms with Crippen molar-refractivity contribution in [3.05, 3.63) is 28.2 Å². The van der Waals surface area contributed by atoms with Crippen molar-refractivity contribution in [2.75, 3.05) is 11.9 Å². The van der Waals surface area contributed by atoms with Gasteiger partial charge in [0.05, 0.1) is 16.6 Å². The molecule has 0 atom stereocenters. The molecule has 0 spiro atoms. The summed E-state index contributed by atoms with van der Waals surface area (Å²) in [4.78, 5) is 21.9. The van der Waals surface area contributed by atoms with Gasteiger partial charge in [-0.2, -0.15) is 0 Å². The summed E-state index contributed by atoms with van der Waals surface area (Å²) in [5, 5.41) is 5.68. The van der Waals surface area contributed by atoms with Crippen molar-refractivity contribution in [2.45, 2.75) is 6.92 Å². The highest BCUT2D eigenvalue weighted by molar-refractivity contribution is 6.42. The highest BCUT2D eigenvalue weighted by Crippen LogP contribution is 2.24. The van der Waals surface area contributed by atoms with Crippen LogP contribution in [0, 0.1) is 0 Å². The normalized spacial score (nSPS) is 9.69. The maximum absolute atomic E-state index is 11.3. The van der Waals surface area contributed by atoms with Gasteiger partial charge in [0, 0.05) is 5.69 Å². The van der Waals surface area contributed by atoms with Crippen LogP contribution >= 0.6 is 23.2 Å². The molecule has 1 rings (SSSR count). The topological polar surface area (TPSA) is 58.2 Å². The lowest BCUT2D eigenvalue weighted by atomic mass is 10.3. The lowest BCUT2D eigenvalue weighted by Gasteiger charge is -2.06. The Kier molecular flexibility index (Phi) is 4.58. The van der Waals surface area contributed by atoms with Gasteiger partial charge in [0.1, 0.15) is 5.78 Å². The minimum atomic E-state index is -0.464. The molecule has 2 amide bonds. The Morgan fingerprint density at radius 2 is 1.94 bits per heavy atom. The number of benzene rings is 1. The zero-order valence-electron chi connectivity index (χ0n) is 8.51. The molecule has 0 radical (unpaired) electrons. The first-order chi connectivity index (χ1) is 7.49. The molecule has 0 aliphatic heterocycles. The molecule has 0 aliphatic rings. The minimum Gasteiger partial charge on any atom is -0.331 e. The van der Waals surface area contributed by atoms with Gasteiger partial charge in [-0.05, 0) is 25.1 Å². The first kappa shape index (κ1) is 12.8. The summed E-state index contributed by atoms with van der Waals surface area (Å²) in [6, 6.07) is 4.25. The van der Waals surface area contributed by atoms with Crippen molar-refractivity contribution in [2.24, 2.45) is 0 Å². The van der Waals surface area contributed by atoms with E-state index >= 15 is 0 Å². The molecule has 86 valence electrons. The lowest BCUT2D eigenvalue weighted by molar-refractivity contribution is -0.116. The third-order valence-electron chi connectivity index (χ3n) is 1.68. The van der Waals surface area contributed by atoms with Crippen molar-refractivity contribution in [1.82, 2.24) is 5.32 Å². The SMILES string of the molecule is CC(=O)CNC(=O)Nc1ccc(Cl)c(Cl)c1. The molecular weight excluding hydrogens is 251 g/mol. The number of carbonyl (C=O) groups is 2. The molecule has 1 aromatic carbocycles. The van der Waals surface area contributed by atoms with Gasteiger partial charge in [-0.25, -0.2) is 4.79 Å². The number of nitrogens with one attached hydrogen (secondary N) is 2. The predicted octanol–water partition coefficient (Wildman–Crippen LogP) is 2.70. The number of ketones is 1. The molecule has 0 fully saturated rings. The van der Waals surface area contributed by atoms with Crippen LogP contribution in [-0.2, 0) is 4.79 Å². The molecule has 0 bridgehead atoms. The molecule has 16 heavy (non-hydrogen) atoms. The zero-order valence-corrected chi connectivity index (χ0v) is 10.0.